The first kappa shape index (κ1) is 23.5. The molecule has 1 heterocycles. The Morgan fingerprint density at radius 1 is 1.07 bits per heavy atom. The molecule has 3 N–H and O–H groups in total. The standard InChI is InChI=1S/C23H32N4O.HI/c1-17-12-18(2)15-27(14-17)16-20-9-5-4-8-19(20)13-25-23(24)26-21-10-6-7-11-22(21)28-3;/h4-11,17-18H,12-16H2,1-3H3,(H3,24,25,26);1H. The molecule has 5 nitrogen and oxygen atoms in total. The largest absolute Gasteiger partial charge is 0.495 e. The molecule has 6 heteroatoms. The summed E-state index contributed by atoms with van der Waals surface area (Å²) in [7, 11) is 1.65. The van der Waals surface area contributed by atoms with Crippen LogP contribution in [0.15, 0.2) is 53.5 Å². The van der Waals surface area contributed by atoms with Crippen LogP contribution in [-0.4, -0.2) is 31.1 Å². The van der Waals surface area contributed by atoms with Gasteiger partial charge in [-0.3, -0.25) is 4.90 Å². The zero-order valence-electron chi connectivity index (χ0n) is 17.6. The third-order valence-corrected chi connectivity index (χ3v) is 5.25. The fourth-order valence-electron chi connectivity index (χ4n) is 4.12. The lowest BCUT2D eigenvalue weighted by Crippen LogP contribution is -2.38. The van der Waals surface area contributed by atoms with E-state index in [-0.39, 0.29) is 24.0 Å². The predicted octanol–water partition coefficient (Wildman–Crippen LogP) is 4.72. The van der Waals surface area contributed by atoms with E-state index in [0.29, 0.717) is 12.5 Å². The van der Waals surface area contributed by atoms with Crippen molar-refractivity contribution in [1.82, 2.24) is 4.90 Å². The Labute approximate surface area is 191 Å². The maximum Gasteiger partial charge on any atom is 0.193 e. The summed E-state index contributed by atoms with van der Waals surface area (Å²) in [6.45, 7) is 8.56. The van der Waals surface area contributed by atoms with Gasteiger partial charge in [-0.25, -0.2) is 4.99 Å². The van der Waals surface area contributed by atoms with Crippen LogP contribution < -0.4 is 15.8 Å². The van der Waals surface area contributed by atoms with Crippen molar-refractivity contribution < 1.29 is 4.74 Å². The van der Waals surface area contributed by atoms with Gasteiger partial charge in [-0.05, 0) is 41.5 Å². The molecule has 0 saturated carbocycles. The number of para-hydroxylation sites is 2. The fourth-order valence-corrected chi connectivity index (χ4v) is 4.12. The Balaban J connectivity index is 0.00000300. The number of aliphatic imine (C=N–C) groups is 1. The molecule has 3 rings (SSSR count). The minimum Gasteiger partial charge on any atom is -0.495 e. The predicted molar refractivity (Wildman–Crippen MR) is 132 cm³/mol. The summed E-state index contributed by atoms with van der Waals surface area (Å²) in [6, 6.07) is 16.2. The number of hydrogen-bond donors (Lipinski definition) is 2. The van der Waals surface area contributed by atoms with Gasteiger partial charge in [0.15, 0.2) is 5.96 Å². The molecule has 2 aromatic rings. The summed E-state index contributed by atoms with van der Waals surface area (Å²) >= 11 is 0. The molecule has 0 aliphatic carbocycles. The van der Waals surface area contributed by atoms with Crippen molar-refractivity contribution in [2.24, 2.45) is 22.6 Å². The molecule has 2 atom stereocenters. The van der Waals surface area contributed by atoms with Crippen LogP contribution in [0.5, 0.6) is 5.75 Å². The van der Waals surface area contributed by atoms with E-state index in [2.05, 4.69) is 53.3 Å². The molecule has 2 aromatic carbocycles. The summed E-state index contributed by atoms with van der Waals surface area (Å²) in [5.74, 6) is 2.65. The van der Waals surface area contributed by atoms with E-state index in [1.807, 2.05) is 24.3 Å². The van der Waals surface area contributed by atoms with Crippen LogP contribution in [0.1, 0.15) is 31.4 Å². The number of guanidine groups is 1. The molecule has 0 radical (unpaired) electrons. The Kier molecular flexibility index (Phi) is 9.23. The maximum absolute atomic E-state index is 6.12. The van der Waals surface area contributed by atoms with Crippen LogP contribution in [-0.2, 0) is 13.1 Å². The highest BCUT2D eigenvalue weighted by molar-refractivity contribution is 14.0. The van der Waals surface area contributed by atoms with Crippen LogP contribution in [0.2, 0.25) is 0 Å². The molecule has 1 aliphatic rings. The fraction of sp³-hybridized carbons (Fsp3) is 0.435. The first-order valence-electron chi connectivity index (χ1n) is 10.0. The second-order valence-corrected chi connectivity index (χ2v) is 7.94. The van der Waals surface area contributed by atoms with Crippen LogP contribution in [0.4, 0.5) is 5.69 Å². The number of nitrogens with zero attached hydrogens (tertiary/aromatic N) is 2. The topological polar surface area (TPSA) is 62.9 Å². The van der Waals surface area contributed by atoms with Gasteiger partial charge in [0.25, 0.3) is 0 Å². The molecule has 0 aromatic heterocycles. The quantitative estimate of drug-likeness (QED) is 0.337. The molecule has 0 spiro atoms. The Morgan fingerprint density at radius 3 is 2.38 bits per heavy atom. The van der Waals surface area contributed by atoms with Gasteiger partial charge in [0.2, 0.25) is 0 Å². The minimum atomic E-state index is 0. The third-order valence-electron chi connectivity index (χ3n) is 5.25. The summed E-state index contributed by atoms with van der Waals surface area (Å²) in [4.78, 5) is 7.13. The van der Waals surface area contributed by atoms with Crippen LogP contribution in [0.3, 0.4) is 0 Å². The normalized spacial score (nSPS) is 20.0. The van der Waals surface area contributed by atoms with Crippen molar-refractivity contribution in [2.45, 2.75) is 33.4 Å². The first-order chi connectivity index (χ1) is 13.5. The van der Waals surface area contributed by atoms with Crippen molar-refractivity contribution in [3.05, 3.63) is 59.7 Å². The number of hydrogen-bond acceptors (Lipinski definition) is 3. The number of rotatable bonds is 6. The van der Waals surface area contributed by atoms with Crippen molar-refractivity contribution in [3.63, 3.8) is 0 Å². The van der Waals surface area contributed by atoms with Gasteiger partial charge in [0.1, 0.15) is 5.75 Å². The molecule has 0 amide bonds. The van der Waals surface area contributed by atoms with Gasteiger partial charge in [-0.1, -0.05) is 50.2 Å². The number of nitrogens with two attached hydrogens (primary N) is 1. The molecule has 29 heavy (non-hydrogen) atoms. The van der Waals surface area contributed by atoms with Crippen molar-refractivity contribution in [3.8, 4) is 5.75 Å². The van der Waals surface area contributed by atoms with Crippen LogP contribution in [0, 0.1) is 11.8 Å². The van der Waals surface area contributed by atoms with Crippen molar-refractivity contribution in [1.29, 1.82) is 0 Å². The molecule has 1 aliphatic heterocycles. The van der Waals surface area contributed by atoms with E-state index in [4.69, 9.17) is 10.5 Å². The highest BCUT2D eigenvalue weighted by Crippen LogP contribution is 2.24. The monoisotopic (exact) mass is 508 g/mol. The average Bonchev–Trinajstić information content (AvgIpc) is 2.67. The van der Waals surface area contributed by atoms with Gasteiger partial charge in [-0.15, -0.1) is 24.0 Å². The highest BCUT2D eigenvalue weighted by atomic mass is 127. The van der Waals surface area contributed by atoms with Crippen LogP contribution in [0.25, 0.3) is 0 Å². The van der Waals surface area contributed by atoms with Gasteiger partial charge in [0, 0.05) is 19.6 Å². The zero-order valence-corrected chi connectivity index (χ0v) is 19.9. The van der Waals surface area contributed by atoms with Gasteiger partial charge >= 0.3 is 0 Å². The number of halogens is 1. The van der Waals surface area contributed by atoms with Gasteiger partial charge in [0.05, 0.1) is 19.3 Å². The highest BCUT2D eigenvalue weighted by Gasteiger charge is 2.22. The van der Waals surface area contributed by atoms with Crippen LogP contribution >= 0.6 is 24.0 Å². The number of ether oxygens (including phenoxy) is 1. The van der Waals surface area contributed by atoms with E-state index in [1.54, 1.807) is 7.11 Å². The molecule has 2 unspecified atom stereocenters. The summed E-state index contributed by atoms with van der Waals surface area (Å²) in [5, 5.41) is 3.14. The number of benzene rings is 2. The zero-order chi connectivity index (χ0) is 19.9. The number of piperidine rings is 1. The average molecular weight is 508 g/mol. The lowest BCUT2D eigenvalue weighted by molar-refractivity contribution is 0.134. The summed E-state index contributed by atoms with van der Waals surface area (Å²) < 4.78 is 5.35. The number of likely N-dealkylation sites (tertiary alicyclic amines) is 1. The maximum atomic E-state index is 6.12. The van der Waals surface area contributed by atoms with Gasteiger partial charge in [-0.2, -0.15) is 0 Å². The Hall–Kier alpha value is -1.80. The SMILES string of the molecule is COc1ccccc1NC(N)=NCc1ccccc1CN1CC(C)CC(C)C1.I. The third kappa shape index (κ3) is 6.89. The van der Waals surface area contributed by atoms with E-state index >= 15 is 0 Å². The first-order valence-corrected chi connectivity index (χ1v) is 10.0. The van der Waals surface area contributed by atoms with E-state index in [1.165, 1.54) is 30.6 Å². The van der Waals surface area contributed by atoms with Crippen molar-refractivity contribution >= 4 is 35.6 Å². The minimum absolute atomic E-state index is 0. The molecular formula is C23H33IN4O. The lowest BCUT2D eigenvalue weighted by Gasteiger charge is -2.35. The molecular weight excluding hydrogens is 475 g/mol. The number of anilines is 1. The van der Waals surface area contributed by atoms with E-state index in [9.17, 15) is 0 Å². The second-order valence-electron chi connectivity index (χ2n) is 7.94. The number of nitrogens with one attached hydrogen (secondary N) is 1. The summed E-state index contributed by atoms with van der Waals surface area (Å²) in [6.07, 6.45) is 1.33. The van der Waals surface area contributed by atoms with E-state index in [0.717, 1.165) is 29.8 Å². The molecule has 158 valence electrons. The molecule has 1 fully saturated rings. The van der Waals surface area contributed by atoms with E-state index < -0.39 is 0 Å². The van der Waals surface area contributed by atoms with Gasteiger partial charge < -0.3 is 15.8 Å². The second kappa shape index (κ2) is 11.4. The molecule has 1 saturated heterocycles. The molecule has 0 bridgehead atoms. The Bertz CT molecular complexity index is 801. The Morgan fingerprint density at radius 2 is 1.69 bits per heavy atom. The summed E-state index contributed by atoms with van der Waals surface area (Å²) in [5.41, 5.74) is 9.49. The lowest BCUT2D eigenvalue weighted by atomic mass is 9.91. The number of methoxy groups -OCH3 is 1. The van der Waals surface area contributed by atoms with Crippen molar-refractivity contribution in [2.75, 3.05) is 25.5 Å². The smallest absolute Gasteiger partial charge is 0.193 e.